The fourth-order valence-electron chi connectivity index (χ4n) is 4.45. The lowest BCUT2D eigenvalue weighted by Gasteiger charge is -2.29. The van der Waals surface area contributed by atoms with Crippen molar-refractivity contribution in [2.45, 2.75) is 70.6 Å². The van der Waals surface area contributed by atoms with Crippen molar-refractivity contribution in [2.24, 2.45) is 11.8 Å². The zero-order valence-electron chi connectivity index (χ0n) is 17.1. The lowest BCUT2D eigenvalue weighted by Crippen LogP contribution is -2.16. The van der Waals surface area contributed by atoms with Crippen LogP contribution in [0.15, 0.2) is 54.6 Å². The summed E-state index contributed by atoms with van der Waals surface area (Å²) in [7, 11) is 0. The van der Waals surface area contributed by atoms with Gasteiger partial charge in [0.25, 0.3) is 0 Å². The lowest BCUT2D eigenvalue weighted by molar-refractivity contribution is -0.137. The minimum atomic E-state index is -4.33. The topological polar surface area (TPSA) is 9.23 Å². The molecule has 0 spiro atoms. The number of hydrogen-bond donors (Lipinski definition) is 0. The number of alkyl halides is 3. The van der Waals surface area contributed by atoms with Gasteiger partial charge in [-0.05, 0) is 54.5 Å². The molecule has 2 aromatic carbocycles. The van der Waals surface area contributed by atoms with E-state index in [1.165, 1.54) is 50.7 Å². The molecule has 4 heteroatoms. The molecule has 0 N–H and O–H groups in total. The SMILES string of the molecule is CCC[C@H]1CC[C@H](CCC(Oc2ccc(C(F)(F)F)cc2)c2ccccc2)CC1. The van der Waals surface area contributed by atoms with Gasteiger partial charge in [-0.25, -0.2) is 0 Å². The Morgan fingerprint density at radius 1 is 0.862 bits per heavy atom. The van der Waals surface area contributed by atoms with E-state index in [9.17, 15) is 13.2 Å². The molecule has 0 amide bonds. The number of ether oxygens (including phenoxy) is 1. The summed E-state index contributed by atoms with van der Waals surface area (Å²) in [6.45, 7) is 2.26. The molecule has 0 heterocycles. The van der Waals surface area contributed by atoms with E-state index in [1.807, 2.05) is 30.3 Å². The van der Waals surface area contributed by atoms with E-state index < -0.39 is 11.7 Å². The fraction of sp³-hybridized carbons (Fsp3) is 0.520. The van der Waals surface area contributed by atoms with Gasteiger partial charge < -0.3 is 4.74 Å². The molecule has 0 aromatic heterocycles. The highest BCUT2D eigenvalue weighted by Gasteiger charge is 2.30. The van der Waals surface area contributed by atoms with Crippen molar-refractivity contribution in [1.82, 2.24) is 0 Å². The molecule has 3 rings (SSSR count). The maximum atomic E-state index is 12.8. The first-order valence-electron chi connectivity index (χ1n) is 10.8. The van der Waals surface area contributed by atoms with Crippen LogP contribution in [0.2, 0.25) is 0 Å². The quantitative estimate of drug-likeness (QED) is 0.431. The van der Waals surface area contributed by atoms with Gasteiger partial charge in [-0.15, -0.1) is 0 Å². The van der Waals surface area contributed by atoms with E-state index in [0.717, 1.165) is 42.4 Å². The number of hydrogen-bond acceptors (Lipinski definition) is 1. The van der Waals surface area contributed by atoms with Crippen molar-refractivity contribution in [3.05, 3.63) is 65.7 Å². The summed E-state index contributed by atoms with van der Waals surface area (Å²) in [5.41, 5.74) is 0.428. The lowest BCUT2D eigenvalue weighted by atomic mass is 9.78. The Bertz CT molecular complexity index is 716. The van der Waals surface area contributed by atoms with Crippen LogP contribution in [0, 0.1) is 11.8 Å². The first kappa shape index (κ1) is 21.7. The van der Waals surface area contributed by atoms with Crippen LogP contribution in [0.3, 0.4) is 0 Å². The maximum absolute atomic E-state index is 12.8. The van der Waals surface area contributed by atoms with Crippen molar-refractivity contribution in [3.63, 3.8) is 0 Å². The third kappa shape index (κ3) is 6.52. The predicted octanol–water partition coefficient (Wildman–Crippen LogP) is 8.21. The van der Waals surface area contributed by atoms with Crippen molar-refractivity contribution in [2.75, 3.05) is 0 Å². The average Bonchev–Trinajstić information content (AvgIpc) is 2.73. The summed E-state index contributed by atoms with van der Waals surface area (Å²) in [5, 5.41) is 0. The monoisotopic (exact) mass is 404 g/mol. The van der Waals surface area contributed by atoms with Gasteiger partial charge in [0.2, 0.25) is 0 Å². The molecule has 1 saturated carbocycles. The normalized spacial score (nSPS) is 21.0. The molecular weight excluding hydrogens is 373 g/mol. The Balaban J connectivity index is 1.62. The molecule has 158 valence electrons. The number of halogens is 3. The van der Waals surface area contributed by atoms with Crippen LogP contribution in [0.25, 0.3) is 0 Å². The molecule has 0 radical (unpaired) electrons. The van der Waals surface area contributed by atoms with Crippen LogP contribution in [0.1, 0.15) is 75.5 Å². The van der Waals surface area contributed by atoms with Crippen molar-refractivity contribution in [3.8, 4) is 5.75 Å². The minimum Gasteiger partial charge on any atom is -0.486 e. The predicted molar refractivity (Wildman–Crippen MR) is 111 cm³/mol. The second kappa shape index (κ2) is 10.2. The van der Waals surface area contributed by atoms with E-state index in [0.29, 0.717) is 5.75 Å². The van der Waals surface area contributed by atoms with Crippen LogP contribution in [-0.2, 0) is 6.18 Å². The molecule has 0 bridgehead atoms. The summed E-state index contributed by atoms with van der Waals surface area (Å²) in [6, 6.07) is 15.0. The molecule has 0 saturated heterocycles. The second-order valence-corrected chi connectivity index (χ2v) is 8.29. The van der Waals surface area contributed by atoms with Gasteiger partial charge in [0.1, 0.15) is 11.9 Å². The fourth-order valence-corrected chi connectivity index (χ4v) is 4.45. The third-order valence-corrected chi connectivity index (χ3v) is 6.13. The number of benzene rings is 2. The summed E-state index contributed by atoms with van der Waals surface area (Å²) in [5.74, 6) is 2.11. The average molecular weight is 405 g/mol. The standard InChI is InChI=1S/C25H31F3O/c1-2-6-19-9-11-20(12-10-19)13-18-24(21-7-4-3-5-8-21)29-23-16-14-22(15-17-23)25(26,27)28/h3-5,7-8,14-17,19-20,24H,2,6,9-13,18H2,1H3/t19-,20-,24?. The summed E-state index contributed by atoms with van der Waals surface area (Å²) < 4.78 is 44.6. The van der Waals surface area contributed by atoms with Gasteiger partial charge >= 0.3 is 6.18 Å². The van der Waals surface area contributed by atoms with Crippen molar-refractivity contribution in [1.29, 1.82) is 0 Å². The highest BCUT2D eigenvalue weighted by molar-refractivity contribution is 5.30. The zero-order valence-corrected chi connectivity index (χ0v) is 17.1. The van der Waals surface area contributed by atoms with Crippen LogP contribution >= 0.6 is 0 Å². The third-order valence-electron chi connectivity index (χ3n) is 6.13. The largest absolute Gasteiger partial charge is 0.486 e. The molecule has 1 aliphatic rings. The van der Waals surface area contributed by atoms with Crippen LogP contribution in [-0.4, -0.2) is 0 Å². The van der Waals surface area contributed by atoms with E-state index in [2.05, 4.69) is 6.92 Å². The highest BCUT2D eigenvalue weighted by atomic mass is 19.4. The highest BCUT2D eigenvalue weighted by Crippen LogP contribution is 2.37. The molecule has 1 unspecified atom stereocenters. The van der Waals surface area contributed by atoms with Gasteiger partial charge in [-0.1, -0.05) is 75.8 Å². The summed E-state index contributed by atoms with van der Waals surface area (Å²) in [4.78, 5) is 0. The first-order chi connectivity index (χ1) is 14.0. The summed E-state index contributed by atoms with van der Waals surface area (Å²) in [6.07, 6.45) is 5.35. The van der Waals surface area contributed by atoms with Gasteiger partial charge in [-0.3, -0.25) is 0 Å². The first-order valence-corrected chi connectivity index (χ1v) is 10.8. The molecule has 1 atom stereocenters. The number of rotatable bonds is 8. The molecule has 29 heavy (non-hydrogen) atoms. The molecule has 1 nitrogen and oxygen atoms in total. The Morgan fingerprint density at radius 3 is 2.00 bits per heavy atom. The van der Waals surface area contributed by atoms with Crippen LogP contribution in [0.5, 0.6) is 5.75 Å². The smallest absolute Gasteiger partial charge is 0.416 e. The molecule has 1 aliphatic carbocycles. The molecule has 2 aromatic rings. The van der Waals surface area contributed by atoms with Crippen LogP contribution in [0.4, 0.5) is 13.2 Å². The van der Waals surface area contributed by atoms with Gasteiger partial charge in [-0.2, -0.15) is 13.2 Å². The molecular formula is C25H31F3O. The Kier molecular flexibility index (Phi) is 7.63. The van der Waals surface area contributed by atoms with Crippen molar-refractivity contribution < 1.29 is 17.9 Å². The van der Waals surface area contributed by atoms with E-state index in [-0.39, 0.29) is 6.10 Å². The maximum Gasteiger partial charge on any atom is 0.416 e. The Labute approximate surface area is 172 Å². The minimum absolute atomic E-state index is 0.138. The van der Waals surface area contributed by atoms with Crippen LogP contribution < -0.4 is 4.74 Å². The van der Waals surface area contributed by atoms with E-state index in [4.69, 9.17) is 4.74 Å². The second-order valence-electron chi connectivity index (χ2n) is 8.29. The molecule has 0 aliphatic heterocycles. The van der Waals surface area contributed by atoms with E-state index >= 15 is 0 Å². The summed E-state index contributed by atoms with van der Waals surface area (Å²) >= 11 is 0. The molecule has 1 fully saturated rings. The zero-order chi connectivity index (χ0) is 20.7. The Hall–Kier alpha value is -1.97. The van der Waals surface area contributed by atoms with Gasteiger partial charge in [0.15, 0.2) is 0 Å². The van der Waals surface area contributed by atoms with E-state index in [1.54, 1.807) is 0 Å². The Morgan fingerprint density at radius 2 is 1.45 bits per heavy atom. The van der Waals surface area contributed by atoms with Crippen molar-refractivity contribution >= 4 is 0 Å². The van der Waals surface area contributed by atoms with Gasteiger partial charge in [0.05, 0.1) is 5.56 Å². The van der Waals surface area contributed by atoms with Gasteiger partial charge in [0, 0.05) is 0 Å².